The summed E-state index contributed by atoms with van der Waals surface area (Å²) in [4.78, 5) is 16.2. The third-order valence-corrected chi connectivity index (χ3v) is 4.93. The molecular formula is C19H13ClF4N4O2. The molecule has 11 heteroatoms. The summed E-state index contributed by atoms with van der Waals surface area (Å²) in [5.74, 6) is -0.473. The van der Waals surface area contributed by atoms with Gasteiger partial charge in [-0.05, 0) is 18.2 Å². The van der Waals surface area contributed by atoms with Gasteiger partial charge in [-0.2, -0.15) is 23.0 Å². The average Bonchev–Trinajstić information content (AvgIpc) is 2.72. The Morgan fingerprint density at radius 3 is 2.70 bits per heavy atom. The predicted molar refractivity (Wildman–Crippen MR) is 101 cm³/mol. The van der Waals surface area contributed by atoms with E-state index in [0.29, 0.717) is 18.2 Å². The molecule has 0 fully saturated rings. The highest BCUT2D eigenvalue weighted by Gasteiger charge is 2.31. The van der Waals surface area contributed by atoms with Crippen LogP contribution in [0.25, 0.3) is 5.82 Å². The molecule has 0 unspecified atom stereocenters. The lowest BCUT2D eigenvalue weighted by molar-refractivity contribution is -0.137. The first-order chi connectivity index (χ1) is 14.3. The van der Waals surface area contributed by atoms with Crippen molar-refractivity contribution in [1.82, 2.24) is 14.8 Å². The summed E-state index contributed by atoms with van der Waals surface area (Å²) in [5, 5.41) is 6.78. The van der Waals surface area contributed by atoms with Crippen molar-refractivity contribution in [2.75, 3.05) is 11.9 Å². The summed E-state index contributed by atoms with van der Waals surface area (Å²) >= 11 is 6.18. The fourth-order valence-electron chi connectivity index (χ4n) is 3.10. The summed E-state index contributed by atoms with van der Waals surface area (Å²) in [6.45, 7) is 0.267. The van der Waals surface area contributed by atoms with Crippen molar-refractivity contribution in [3.05, 3.63) is 75.0 Å². The van der Waals surface area contributed by atoms with Gasteiger partial charge in [0.2, 0.25) is 0 Å². The zero-order valence-corrected chi connectivity index (χ0v) is 15.8. The van der Waals surface area contributed by atoms with Crippen LogP contribution in [-0.4, -0.2) is 21.4 Å². The number of pyridine rings is 1. The van der Waals surface area contributed by atoms with Gasteiger partial charge in [0.25, 0.3) is 5.56 Å². The molecule has 0 spiro atoms. The molecule has 1 N–H and O–H groups in total. The maximum Gasteiger partial charge on any atom is 0.417 e. The van der Waals surface area contributed by atoms with Gasteiger partial charge in [-0.15, -0.1) is 0 Å². The first kappa shape index (κ1) is 20.1. The number of anilines is 1. The number of benzene rings is 1. The van der Waals surface area contributed by atoms with Crippen LogP contribution in [-0.2, 0) is 6.18 Å². The number of nitrogens with zero attached hydrogens (tertiary/aromatic N) is 3. The Morgan fingerprint density at radius 2 is 2.00 bits per heavy atom. The normalized spacial score (nSPS) is 16.0. The SMILES string of the molecule is O=c1c(Cl)c(N[C@H]2CCOc3c(F)cccc32)cnn1-c1ccc(C(F)(F)F)cn1. The molecule has 0 saturated carbocycles. The minimum Gasteiger partial charge on any atom is -0.490 e. The fraction of sp³-hybridized carbons (Fsp3) is 0.211. The van der Waals surface area contributed by atoms with E-state index in [1.807, 2.05) is 0 Å². The number of alkyl halides is 3. The molecule has 156 valence electrons. The highest BCUT2D eigenvalue weighted by molar-refractivity contribution is 6.33. The summed E-state index contributed by atoms with van der Waals surface area (Å²) in [6, 6.07) is 5.98. The standard InChI is InChI=1S/C19H13ClF4N4O2/c20-16-14(27-13-6-7-30-17-11(13)2-1-3-12(17)21)9-26-28(18(16)29)15-5-4-10(8-25-15)19(22,23)24/h1-5,8-9,13,27H,6-7H2/t13-/m0/s1. The number of hydrogen-bond donors (Lipinski definition) is 1. The summed E-state index contributed by atoms with van der Waals surface area (Å²) in [5.41, 5.74) is -0.938. The molecule has 1 aliphatic heterocycles. The Hall–Kier alpha value is -3.14. The Balaban J connectivity index is 1.63. The number of nitrogens with one attached hydrogen (secondary N) is 1. The predicted octanol–water partition coefficient (Wildman–Crippen LogP) is 4.37. The molecule has 3 aromatic rings. The van der Waals surface area contributed by atoms with Gasteiger partial charge in [0.1, 0.15) is 5.02 Å². The molecular weight excluding hydrogens is 428 g/mol. The van der Waals surface area contributed by atoms with Crippen LogP contribution in [0.5, 0.6) is 5.75 Å². The average molecular weight is 441 g/mol. The fourth-order valence-corrected chi connectivity index (χ4v) is 3.28. The zero-order chi connectivity index (χ0) is 21.5. The van der Waals surface area contributed by atoms with Crippen molar-refractivity contribution >= 4 is 17.3 Å². The van der Waals surface area contributed by atoms with Gasteiger partial charge in [-0.3, -0.25) is 4.79 Å². The van der Waals surface area contributed by atoms with E-state index < -0.39 is 23.1 Å². The Labute approximate surface area is 172 Å². The lowest BCUT2D eigenvalue weighted by Crippen LogP contribution is -2.26. The third kappa shape index (κ3) is 3.70. The van der Waals surface area contributed by atoms with Crippen LogP contribution in [0.15, 0.2) is 47.5 Å². The first-order valence-electron chi connectivity index (χ1n) is 8.75. The maximum atomic E-state index is 13.9. The number of rotatable bonds is 3. The maximum absolute atomic E-state index is 13.9. The monoisotopic (exact) mass is 440 g/mol. The number of fused-ring (bicyclic) bond motifs is 1. The molecule has 0 aliphatic carbocycles. The first-order valence-corrected chi connectivity index (χ1v) is 9.12. The topological polar surface area (TPSA) is 69.0 Å². The van der Waals surface area contributed by atoms with E-state index in [2.05, 4.69) is 15.4 Å². The molecule has 1 aliphatic rings. The summed E-state index contributed by atoms with van der Waals surface area (Å²) in [6.07, 6.45) is -2.18. The van der Waals surface area contributed by atoms with Crippen LogP contribution >= 0.6 is 11.6 Å². The van der Waals surface area contributed by atoms with Crippen LogP contribution < -0.4 is 15.6 Å². The van der Waals surface area contributed by atoms with Gasteiger partial charge in [0.15, 0.2) is 17.4 Å². The quantitative estimate of drug-likeness (QED) is 0.612. The van der Waals surface area contributed by atoms with E-state index in [4.69, 9.17) is 16.3 Å². The molecule has 1 aromatic carbocycles. The van der Waals surface area contributed by atoms with Crippen LogP contribution in [0.1, 0.15) is 23.6 Å². The van der Waals surface area contributed by atoms with Crippen molar-refractivity contribution in [2.24, 2.45) is 0 Å². The van der Waals surface area contributed by atoms with Gasteiger partial charge in [0.05, 0.1) is 30.1 Å². The molecule has 1 atom stereocenters. The van der Waals surface area contributed by atoms with E-state index in [1.165, 1.54) is 12.3 Å². The van der Waals surface area contributed by atoms with E-state index in [1.54, 1.807) is 12.1 Å². The lowest BCUT2D eigenvalue weighted by atomic mass is 10.00. The van der Waals surface area contributed by atoms with Crippen molar-refractivity contribution in [1.29, 1.82) is 0 Å². The van der Waals surface area contributed by atoms with Gasteiger partial charge >= 0.3 is 6.18 Å². The highest BCUT2D eigenvalue weighted by Crippen LogP contribution is 2.36. The Kier molecular flexibility index (Phi) is 5.10. The molecule has 0 amide bonds. The number of halogens is 5. The second-order valence-electron chi connectivity index (χ2n) is 6.48. The summed E-state index contributed by atoms with van der Waals surface area (Å²) < 4.78 is 58.2. The third-order valence-electron chi connectivity index (χ3n) is 4.57. The van der Waals surface area contributed by atoms with Crippen molar-refractivity contribution < 1.29 is 22.3 Å². The molecule has 2 aromatic heterocycles. The molecule has 3 heterocycles. The number of hydrogen-bond acceptors (Lipinski definition) is 5. The van der Waals surface area contributed by atoms with Crippen molar-refractivity contribution in [2.45, 2.75) is 18.6 Å². The number of aromatic nitrogens is 3. The van der Waals surface area contributed by atoms with Crippen molar-refractivity contribution in [3.63, 3.8) is 0 Å². The van der Waals surface area contributed by atoms with Crippen LogP contribution in [0.4, 0.5) is 23.2 Å². The number of para-hydroxylation sites is 1. The van der Waals surface area contributed by atoms with Gasteiger partial charge in [0, 0.05) is 18.2 Å². The zero-order valence-electron chi connectivity index (χ0n) is 15.1. The number of ether oxygens (including phenoxy) is 1. The largest absolute Gasteiger partial charge is 0.490 e. The van der Waals surface area contributed by atoms with Crippen LogP contribution in [0, 0.1) is 5.82 Å². The van der Waals surface area contributed by atoms with E-state index in [9.17, 15) is 22.4 Å². The molecule has 0 radical (unpaired) electrons. The van der Waals surface area contributed by atoms with E-state index in [0.717, 1.165) is 16.8 Å². The van der Waals surface area contributed by atoms with Crippen molar-refractivity contribution in [3.8, 4) is 11.6 Å². The van der Waals surface area contributed by atoms with Crippen LogP contribution in [0.2, 0.25) is 5.02 Å². The second kappa shape index (κ2) is 7.60. The van der Waals surface area contributed by atoms with E-state index >= 15 is 0 Å². The molecule has 0 bridgehead atoms. The summed E-state index contributed by atoms with van der Waals surface area (Å²) in [7, 11) is 0. The van der Waals surface area contributed by atoms with Crippen LogP contribution in [0.3, 0.4) is 0 Å². The van der Waals surface area contributed by atoms with Gasteiger partial charge in [-0.25, -0.2) is 9.37 Å². The van der Waals surface area contributed by atoms with Gasteiger partial charge in [-0.1, -0.05) is 23.7 Å². The highest BCUT2D eigenvalue weighted by atomic mass is 35.5. The van der Waals surface area contributed by atoms with E-state index in [-0.39, 0.29) is 34.9 Å². The minimum absolute atomic E-state index is 0.111. The molecule has 6 nitrogen and oxygen atoms in total. The van der Waals surface area contributed by atoms with Gasteiger partial charge < -0.3 is 10.1 Å². The molecule has 30 heavy (non-hydrogen) atoms. The Morgan fingerprint density at radius 1 is 1.20 bits per heavy atom. The molecule has 0 saturated heterocycles. The molecule has 4 rings (SSSR count). The minimum atomic E-state index is -4.55. The second-order valence-corrected chi connectivity index (χ2v) is 6.86. The Bertz CT molecular complexity index is 1150. The lowest BCUT2D eigenvalue weighted by Gasteiger charge is -2.27. The smallest absolute Gasteiger partial charge is 0.417 e.